The molecule has 0 aliphatic rings. The first-order valence-electron chi connectivity index (χ1n) is 3.29. The van der Waals surface area contributed by atoms with E-state index in [4.69, 9.17) is 11.6 Å². The van der Waals surface area contributed by atoms with Gasteiger partial charge < -0.3 is 0 Å². The van der Waals surface area contributed by atoms with E-state index in [0.29, 0.717) is 0 Å². The first-order valence-corrected chi connectivity index (χ1v) is 5.15. The minimum absolute atomic E-state index is 0.225. The van der Waals surface area contributed by atoms with E-state index in [-0.39, 0.29) is 5.15 Å². The van der Waals surface area contributed by atoms with Crippen molar-refractivity contribution in [1.82, 2.24) is 9.97 Å². The molecule has 0 aliphatic carbocycles. The SMILES string of the molecule is O=S(=O)(Nc1cncc(Cl)n1)C(F)(F)F. The normalized spacial score (nSPS) is 12.5. The number of nitrogens with one attached hydrogen (secondary N) is 1. The van der Waals surface area contributed by atoms with Gasteiger partial charge >= 0.3 is 15.5 Å². The van der Waals surface area contributed by atoms with Gasteiger partial charge in [-0.15, -0.1) is 0 Å². The highest BCUT2D eigenvalue weighted by molar-refractivity contribution is 7.93. The number of aromatic nitrogens is 2. The third-order valence-corrected chi connectivity index (χ3v) is 2.42. The molecule has 0 atom stereocenters. The van der Waals surface area contributed by atoms with E-state index in [2.05, 4.69) is 9.97 Å². The molecule has 15 heavy (non-hydrogen) atoms. The predicted molar refractivity (Wildman–Crippen MR) is 45.6 cm³/mol. The van der Waals surface area contributed by atoms with Crippen LogP contribution in [0.1, 0.15) is 0 Å². The van der Waals surface area contributed by atoms with Crippen LogP contribution in [0.15, 0.2) is 12.4 Å². The van der Waals surface area contributed by atoms with Crippen LogP contribution in [-0.4, -0.2) is 23.9 Å². The van der Waals surface area contributed by atoms with Crippen molar-refractivity contribution >= 4 is 27.4 Å². The van der Waals surface area contributed by atoms with Crippen molar-refractivity contribution in [3.8, 4) is 0 Å². The topological polar surface area (TPSA) is 72.0 Å². The molecule has 5 nitrogen and oxygen atoms in total. The Bertz CT molecular complexity index is 461. The Kier molecular flexibility index (Phi) is 3.05. The van der Waals surface area contributed by atoms with Crippen molar-refractivity contribution in [1.29, 1.82) is 0 Å². The molecule has 0 aromatic carbocycles. The average Bonchev–Trinajstić information content (AvgIpc) is 2.00. The Morgan fingerprint density at radius 1 is 1.33 bits per heavy atom. The quantitative estimate of drug-likeness (QED) is 0.873. The van der Waals surface area contributed by atoms with Crippen LogP contribution in [0.4, 0.5) is 19.0 Å². The van der Waals surface area contributed by atoms with Gasteiger partial charge in [0.05, 0.1) is 12.4 Å². The molecule has 0 saturated heterocycles. The molecule has 0 spiro atoms. The zero-order valence-electron chi connectivity index (χ0n) is 6.79. The molecule has 0 fully saturated rings. The van der Waals surface area contributed by atoms with Crippen molar-refractivity contribution < 1.29 is 21.6 Å². The van der Waals surface area contributed by atoms with Crippen molar-refractivity contribution in [3.63, 3.8) is 0 Å². The van der Waals surface area contributed by atoms with E-state index < -0.39 is 21.3 Å². The molecule has 1 aromatic rings. The maximum Gasteiger partial charge on any atom is 0.516 e. The number of alkyl halides is 3. The summed E-state index contributed by atoms with van der Waals surface area (Å²) >= 11 is 5.30. The van der Waals surface area contributed by atoms with Gasteiger partial charge in [0.1, 0.15) is 5.15 Å². The monoisotopic (exact) mass is 261 g/mol. The Labute approximate surface area is 87.3 Å². The van der Waals surface area contributed by atoms with Gasteiger partial charge in [-0.2, -0.15) is 21.6 Å². The second kappa shape index (κ2) is 3.81. The van der Waals surface area contributed by atoms with Crippen LogP contribution in [0.3, 0.4) is 0 Å². The minimum Gasteiger partial charge on any atom is -0.258 e. The molecule has 1 N–H and O–H groups in total. The van der Waals surface area contributed by atoms with Crippen LogP contribution in [0.5, 0.6) is 0 Å². The second-order valence-electron chi connectivity index (χ2n) is 2.28. The van der Waals surface area contributed by atoms with Gasteiger partial charge in [0.2, 0.25) is 0 Å². The van der Waals surface area contributed by atoms with Crippen molar-refractivity contribution in [3.05, 3.63) is 17.5 Å². The molecule has 0 aliphatic heterocycles. The van der Waals surface area contributed by atoms with E-state index in [9.17, 15) is 21.6 Å². The van der Waals surface area contributed by atoms with Gasteiger partial charge in [-0.3, -0.25) is 9.71 Å². The van der Waals surface area contributed by atoms with E-state index in [1.165, 1.54) is 4.72 Å². The largest absolute Gasteiger partial charge is 0.516 e. The van der Waals surface area contributed by atoms with E-state index in [0.717, 1.165) is 12.4 Å². The molecule has 0 bridgehead atoms. The Balaban J connectivity index is 2.98. The van der Waals surface area contributed by atoms with Crippen molar-refractivity contribution in [2.45, 2.75) is 5.51 Å². The number of hydrogen-bond donors (Lipinski definition) is 1. The molecule has 0 amide bonds. The summed E-state index contributed by atoms with van der Waals surface area (Å²) in [5.41, 5.74) is -5.41. The molecule has 1 aromatic heterocycles. The highest BCUT2D eigenvalue weighted by atomic mass is 35.5. The number of anilines is 1. The lowest BCUT2D eigenvalue weighted by Crippen LogP contribution is -2.30. The van der Waals surface area contributed by atoms with Gasteiger partial charge in [0.15, 0.2) is 5.82 Å². The predicted octanol–water partition coefficient (Wildman–Crippen LogP) is 1.39. The number of nitrogens with zero attached hydrogens (tertiary/aromatic N) is 2. The molecule has 0 radical (unpaired) electrons. The fraction of sp³-hybridized carbons (Fsp3) is 0.200. The van der Waals surface area contributed by atoms with Gasteiger partial charge in [-0.05, 0) is 0 Å². The first kappa shape index (κ1) is 12.0. The molecule has 1 rings (SSSR count). The number of hydrogen-bond acceptors (Lipinski definition) is 4. The summed E-state index contributed by atoms with van der Waals surface area (Å²) in [4.78, 5) is 6.65. The average molecular weight is 262 g/mol. The first-order chi connectivity index (χ1) is 6.72. The zero-order valence-corrected chi connectivity index (χ0v) is 8.36. The summed E-state index contributed by atoms with van der Waals surface area (Å²) < 4.78 is 58.0. The lowest BCUT2D eigenvalue weighted by molar-refractivity contribution is -0.0429. The molecule has 0 unspecified atom stereocenters. The van der Waals surface area contributed by atoms with Crippen LogP contribution in [-0.2, 0) is 10.0 Å². The molecule has 84 valence electrons. The maximum atomic E-state index is 11.9. The number of rotatable bonds is 2. The van der Waals surface area contributed by atoms with Gasteiger partial charge in [0.25, 0.3) is 0 Å². The number of halogens is 4. The minimum atomic E-state index is -5.48. The fourth-order valence-electron chi connectivity index (χ4n) is 0.587. The lowest BCUT2D eigenvalue weighted by atomic mass is 10.7. The fourth-order valence-corrected chi connectivity index (χ4v) is 1.22. The summed E-state index contributed by atoms with van der Waals surface area (Å²) in [6.07, 6.45) is 1.85. The van der Waals surface area contributed by atoms with Gasteiger partial charge in [-0.1, -0.05) is 11.6 Å². The summed E-state index contributed by atoms with van der Waals surface area (Å²) in [7, 11) is -5.48. The third-order valence-electron chi connectivity index (χ3n) is 1.15. The van der Waals surface area contributed by atoms with Crippen LogP contribution in [0.2, 0.25) is 5.15 Å². The summed E-state index contributed by atoms with van der Waals surface area (Å²) in [6.45, 7) is 0. The molecule has 0 saturated carbocycles. The van der Waals surface area contributed by atoms with Gasteiger partial charge in [0, 0.05) is 0 Å². The highest BCUT2D eigenvalue weighted by Crippen LogP contribution is 2.24. The van der Waals surface area contributed by atoms with Crippen LogP contribution >= 0.6 is 11.6 Å². The van der Waals surface area contributed by atoms with Crippen LogP contribution in [0.25, 0.3) is 0 Å². The molecular weight excluding hydrogens is 259 g/mol. The smallest absolute Gasteiger partial charge is 0.258 e. The van der Waals surface area contributed by atoms with E-state index in [1.807, 2.05) is 0 Å². The standard InChI is InChI=1S/C5H3ClF3N3O2S/c6-3-1-10-2-4(11-3)12-15(13,14)5(7,8)9/h1-2H,(H,11,12). The molecule has 1 heterocycles. The van der Waals surface area contributed by atoms with Crippen molar-refractivity contribution in [2.75, 3.05) is 4.72 Å². The maximum absolute atomic E-state index is 11.9. The summed E-state index contributed by atoms with van der Waals surface area (Å²) in [5.74, 6) is -0.597. The Morgan fingerprint density at radius 2 is 1.93 bits per heavy atom. The van der Waals surface area contributed by atoms with E-state index >= 15 is 0 Å². The Hall–Kier alpha value is -1.09. The summed E-state index contributed by atoms with van der Waals surface area (Å²) in [5, 5.41) is -0.225. The molecule has 10 heteroatoms. The van der Waals surface area contributed by atoms with Crippen LogP contribution in [0, 0.1) is 0 Å². The number of sulfonamides is 1. The Morgan fingerprint density at radius 3 is 2.40 bits per heavy atom. The van der Waals surface area contributed by atoms with Crippen molar-refractivity contribution in [2.24, 2.45) is 0 Å². The van der Waals surface area contributed by atoms with Gasteiger partial charge in [-0.25, -0.2) is 4.98 Å². The summed E-state index contributed by atoms with van der Waals surface area (Å²) in [6, 6.07) is 0. The molecular formula is C5H3ClF3N3O2S. The third kappa shape index (κ3) is 2.93. The lowest BCUT2D eigenvalue weighted by Gasteiger charge is -2.09. The highest BCUT2D eigenvalue weighted by Gasteiger charge is 2.46. The zero-order chi connectivity index (χ0) is 11.7. The second-order valence-corrected chi connectivity index (χ2v) is 4.34. The van der Waals surface area contributed by atoms with Crippen LogP contribution < -0.4 is 4.72 Å². The van der Waals surface area contributed by atoms with E-state index in [1.54, 1.807) is 0 Å².